The normalized spacial score (nSPS) is 13.9. The van der Waals surface area contributed by atoms with E-state index in [9.17, 15) is 27.2 Å². The van der Waals surface area contributed by atoms with Gasteiger partial charge in [0.15, 0.2) is 5.78 Å². The van der Waals surface area contributed by atoms with Gasteiger partial charge in [0.1, 0.15) is 17.3 Å². The smallest absolute Gasteiger partial charge is 0.389 e. The Hall–Kier alpha value is -4.21. The number of ether oxygens (including phenoxy) is 1. The fourth-order valence-electron chi connectivity index (χ4n) is 4.67. The van der Waals surface area contributed by atoms with E-state index in [1.54, 1.807) is 53.0 Å². The van der Waals surface area contributed by atoms with Crippen LogP contribution in [0.3, 0.4) is 0 Å². The van der Waals surface area contributed by atoms with Gasteiger partial charge in [0.05, 0.1) is 11.9 Å². The molecule has 0 spiro atoms. The van der Waals surface area contributed by atoms with E-state index in [0.29, 0.717) is 47.8 Å². The van der Waals surface area contributed by atoms with Crippen LogP contribution in [-0.4, -0.2) is 45.6 Å². The molecule has 0 aliphatic carbocycles. The number of aryl methyl sites for hydroxylation is 1. The van der Waals surface area contributed by atoms with Gasteiger partial charge >= 0.3 is 6.18 Å². The summed E-state index contributed by atoms with van der Waals surface area (Å²) >= 11 is 0. The highest BCUT2D eigenvalue weighted by molar-refractivity contribution is 6.01. The molecule has 1 aliphatic rings. The van der Waals surface area contributed by atoms with Gasteiger partial charge in [0.25, 0.3) is 5.91 Å². The SMILES string of the molecule is Cc1c(C(=O)CCC(F)(F)F)ccc2nn(CC3CN(C(=O)c4ccc(Oc5ccc(F)cc5)cc4)C3)cc12. The molecule has 0 saturated carbocycles. The lowest BCUT2D eigenvalue weighted by Gasteiger charge is -2.39. The van der Waals surface area contributed by atoms with Crippen molar-refractivity contribution in [2.45, 2.75) is 32.5 Å². The van der Waals surface area contributed by atoms with Crippen molar-refractivity contribution in [2.75, 3.05) is 13.1 Å². The van der Waals surface area contributed by atoms with E-state index < -0.39 is 24.8 Å². The molecule has 1 fully saturated rings. The Labute approximate surface area is 221 Å². The summed E-state index contributed by atoms with van der Waals surface area (Å²) < 4.78 is 58.0. The lowest BCUT2D eigenvalue weighted by molar-refractivity contribution is -0.133. The molecule has 0 unspecified atom stereocenters. The quantitative estimate of drug-likeness (QED) is 0.188. The third-order valence-corrected chi connectivity index (χ3v) is 6.78. The average molecular weight is 540 g/mol. The second-order valence-electron chi connectivity index (χ2n) is 9.72. The minimum Gasteiger partial charge on any atom is -0.457 e. The van der Waals surface area contributed by atoms with Crippen LogP contribution in [0.1, 0.15) is 39.1 Å². The van der Waals surface area contributed by atoms with Crippen molar-refractivity contribution in [2.24, 2.45) is 5.92 Å². The number of ketones is 1. The lowest BCUT2D eigenvalue weighted by atomic mass is 9.98. The second-order valence-corrected chi connectivity index (χ2v) is 9.72. The number of carbonyl (C=O) groups excluding carboxylic acids is 2. The molecule has 1 aliphatic heterocycles. The number of nitrogens with zero attached hydrogens (tertiary/aromatic N) is 3. The Morgan fingerprint density at radius 3 is 2.26 bits per heavy atom. The van der Waals surface area contributed by atoms with E-state index >= 15 is 0 Å². The first-order valence-electron chi connectivity index (χ1n) is 12.5. The molecule has 4 aromatic rings. The molecule has 0 bridgehead atoms. The Balaban J connectivity index is 1.16. The maximum absolute atomic E-state index is 13.0. The molecule has 2 heterocycles. The standard InChI is InChI=1S/C29H25F4N3O3/c1-18-24(27(37)12-13-29(31,32)33)10-11-26-25(18)17-36(34-26)16-19-14-35(15-19)28(38)20-2-6-22(7-3-20)39-23-8-4-21(30)5-9-23/h2-11,17,19H,12-16H2,1H3. The number of halogens is 4. The van der Waals surface area contributed by atoms with Gasteiger partial charge in [-0.1, -0.05) is 0 Å². The summed E-state index contributed by atoms with van der Waals surface area (Å²) in [5.41, 5.74) is 2.09. The summed E-state index contributed by atoms with van der Waals surface area (Å²) in [5, 5.41) is 5.27. The van der Waals surface area contributed by atoms with Crippen molar-refractivity contribution in [3.8, 4) is 11.5 Å². The molecule has 1 aromatic heterocycles. The first-order chi connectivity index (χ1) is 18.6. The summed E-state index contributed by atoms with van der Waals surface area (Å²) in [6, 6.07) is 15.6. The number of carbonyl (C=O) groups is 2. The number of fused-ring (bicyclic) bond motifs is 1. The fraction of sp³-hybridized carbons (Fsp3) is 0.276. The lowest BCUT2D eigenvalue weighted by Crippen LogP contribution is -2.51. The molecular weight excluding hydrogens is 514 g/mol. The zero-order chi connectivity index (χ0) is 27.7. The zero-order valence-corrected chi connectivity index (χ0v) is 21.0. The maximum atomic E-state index is 13.0. The highest BCUT2D eigenvalue weighted by atomic mass is 19.4. The topological polar surface area (TPSA) is 64.4 Å². The fourth-order valence-corrected chi connectivity index (χ4v) is 4.67. The molecule has 5 rings (SSSR count). The summed E-state index contributed by atoms with van der Waals surface area (Å²) in [6.45, 7) is 3.40. The third-order valence-electron chi connectivity index (χ3n) is 6.78. The van der Waals surface area contributed by atoms with Crippen LogP contribution in [0, 0.1) is 18.7 Å². The number of amides is 1. The van der Waals surface area contributed by atoms with Gasteiger partial charge < -0.3 is 9.64 Å². The molecule has 3 aromatic carbocycles. The van der Waals surface area contributed by atoms with Gasteiger partial charge in [0.2, 0.25) is 0 Å². The number of likely N-dealkylation sites (tertiary alicyclic amines) is 1. The number of hydrogen-bond acceptors (Lipinski definition) is 4. The third kappa shape index (κ3) is 6.10. The number of aromatic nitrogens is 2. The molecule has 39 heavy (non-hydrogen) atoms. The first kappa shape index (κ1) is 26.4. The van der Waals surface area contributed by atoms with E-state index in [1.807, 2.05) is 0 Å². The van der Waals surface area contributed by atoms with E-state index in [2.05, 4.69) is 5.10 Å². The largest absolute Gasteiger partial charge is 0.457 e. The molecule has 6 nitrogen and oxygen atoms in total. The van der Waals surface area contributed by atoms with Crippen LogP contribution in [0.4, 0.5) is 17.6 Å². The predicted octanol–water partition coefficient (Wildman–Crippen LogP) is 6.57. The maximum Gasteiger partial charge on any atom is 0.389 e. The first-order valence-corrected chi connectivity index (χ1v) is 12.5. The number of benzene rings is 3. The van der Waals surface area contributed by atoms with Crippen molar-refractivity contribution in [1.29, 1.82) is 0 Å². The highest BCUT2D eigenvalue weighted by Gasteiger charge is 2.32. The average Bonchev–Trinajstić information content (AvgIpc) is 3.29. The van der Waals surface area contributed by atoms with Crippen LogP contribution in [0.5, 0.6) is 11.5 Å². The van der Waals surface area contributed by atoms with Gasteiger partial charge in [-0.3, -0.25) is 14.3 Å². The molecule has 1 saturated heterocycles. The van der Waals surface area contributed by atoms with Crippen LogP contribution in [0.25, 0.3) is 10.9 Å². The van der Waals surface area contributed by atoms with Gasteiger partial charge in [-0.2, -0.15) is 18.3 Å². The van der Waals surface area contributed by atoms with Gasteiger partial charge in [-0.15, -0.1) is 0 Å². The monoisotopic (exact) mass is 539 g/mol. The second kappa shape index (κ2) is 10.5. The van der Waals surface area contributed by atoms with Crippen molar-refractivity contribution in [3.63, 3.8) is 0 Å². The number of Topliss-reactive ketones (excluding diaryl/α,β-unsaturated/α-hetero) is 1. The van der Waals surface area contributed by atoms with E-state index in [-0.39, 0.29) is 23.2 Å². The summed E-state index contributed by atoms with van der Waals surface area (Å²) in [4.78, 5) is 26.9. The minimum atomic E-state index is -4.38. The van der Waals surface area contributed by atoms with Crippen molar-refractivity contribution >= 4 is 22.6 Å². The Kier molecular flexibility index (Phi) is 7.12. The van der Waals surface area contributed by atoms with Gasteiger partial charge in [-0.05, 0) is 73.2 Å². The van der Waals surface area contributed by atoms with Gasteiger partial charge in [0, 0.05) is 54.7 Å². The van der Waals surface area contributed by atoms with E-state index in [0.717, 1.165) is 5.39 Å². The molecule has 0 atom stereocenters. The van der Waals surface area contributed by atoms with Crippen molar-refractivity contribution in [1.82, 2.24) is 14.7 Å². The minimum absolute atomic E-state index is 0.0944. The molecule has 0 radical (unpaired) electrons. The zero-order valence-electron chi connectivity index (χ0n) is 21.0. The molecule has 202 valence electrons. The van der Waals surface area contributed by atoms with Crippen LogP contribution in [-0.2, 0) is 6.54 Å². The number of alkyl halides is 3. The van der Waals surface area contributed by atoms with Crippen molar-refractivity contribution in [3.05, 3.63) is 89.4 Å². The van der Waals surface area contributed by atoms with Gasteiger partial charge in [-0.25, -0.2) is 4.39 Å². The van der Waals surface area contributed by atoms with Crippen LogP contribution in [0.15, 0.2) is 66.9 Å². The van der Waals surface area contributed by atoms with E-state index in [4.69, 9.17) is 4.74 Å². The Morgan fingerprint density at radius 1 is 0.974 bits per heavy atom. The van der Waals surface area contributed by atoms with Crippen LogP contribution in [0.2, 0.25) is 0 Å². The molecule has 1 amide bonds. The summed E-state index contributed by atoms with van der Waals surface area (Å²) in [7, 11) is 0. The summed E-state index contributed by atoms with van der Waals surface area (Å²) in [6.07, 6.45) is -4.30. The van der Waals surface area contributed by atoms with Crippen molar-refractivity contribution < 1.29 is 31.9 Å². The predicted molar refractivity (Wildman–Crippen MR) is 136 cm³/mol. The number of hydrogen-bond donors (Lipinski definition) is 0. The molecule has 10 heteroatoms. The highest BCUT2D eigenvalue weighted by Crippen LogP contribution is 2.28. The van der Waals surface area contributed by atoms with Crippen LogP contribution >= 0.6 is 0 Å². The summed E-state index contributed by atoms with van der Waals surface area (Å²) in [5.74, 6) is 0.233. The Bertz CT molecular complexity index is 1510. The van der Waals surface area contributed by atoms with E-state index in [1.165, 1.54) is 30.3 Å². The van der Waals surface area contributed by atoms with Crippen LogP contribution < -0.4 is 4.74 Å². The Morgan fingerprint density at radius 2 is 1.62 bits per heavy atom. The molecular formula is C29H25F4N3O3. The number of rotatable bonds is 8. The molecule has 0 N–H and O–H groups in total.